The lowest BCUT2D eigenvalue weighted by Crippen LogP contribution is -2.48. The number of carbonyl (C=O) groups is 1. The first kappa shape index (κ1) is 17.2. The molecule has 0 atom stereocenters. The number of carbonyl (C=O) groups excluding carboxylic acids is 1. The number of hydrogen-bond donors (Lipinski definition) is 2. The molecule has 1 saturated heterocycles. The molecule has 1 aliphatic heterocycles. The van der Waals surface area contributed by atoms with E-state index >= 15 is 0 Å². The van der Waals surface area contributed by atoms with Crippen molar-refractivity contribution in [3.05, 3.63) is 28.5 Å². The summed E-state index contributed by atoms with van der Waals surface area (Å²) in [4.78, 5) is 11.5. The molecular formula is C13H17BrClFN2O2. The Hall–Kier alpha value is -0.850. The Labute approximate surface area is 132 Å². The summed E-state index contributed by atoms with van der Waals surface area (Å²) in [5.74, 6) is 0.202. The third-order valence-electron chi connectivity index (χ3n) is 2.93. The van der Waals surface area contributed by atoms with Crippen molar-refractivity contribution in [1.29, 1.82) is 0 Å². The van der Waals surface area contributed by atoms with Gasteiger partial charge in [-0.25, -0.2) is 4.39 Å². The van der Waals surface area contributed by atoms with Gasteiger partial charge in [0.25, 0.3) is 0 Å². The van der Waals surface area contributed by atoms with E-state index in [-0.39, 0.29) is 37.1 Å². The number of benzene rings is 1. The standard InChI is InChI=1S/C13H16BrFN2O2.ClH/c14-10-1-2-12(11(15)5-10)19-4-3-13(18)17-8-9-6-16-7-9;/h1-2,5,9,16H,3-4,6-8H2,(H,17,18);1H. The van der Waals surface area contributed by atoms with E-state index in [9.17, 15) is 9.18 Å². The van der Waals surface area contributed by atoms with Crippen LogP contribution in [0.25, 0.3) is 0 Å². The molecule has 1 aliphatic rings. The third kappa shape index (κ3) is 5.26. The van der Waals surface area contributed by atoms with Crippen LogP contribution < -0.4 is 15.4 Å². The van der Waals surface area contributed by atoms with Gasteiger partial charge in [-0.15, -0.1) is 12.4 Å². The van der Waals surface area contributed by atoms with Crippen molar-refractivity contribution in [3.63, 3.8) is 0 Å². The van der Waals surface area contributed by atoms with Gasteiger partial charge in [-0.05, 0) is 18.2 Å². The molecule has 1 aromatic carbocycles. The van der Waals surface area contributed by atoms with E-state index < -0.39 is 5.82 Å². The molecule has 1 heterocycles. The normalized spacial score (nSPS) is 14.1. The third-order valence-corrected chi connectivity index (χ3v) is 3.43. The second-order valence-electron chi connectivity index (χ2n) is 4.50. The average Bonchev–Trinajstić information content (AvgIpc) is 2.30. The second-order valence-corrected chi connectivity index (χ2v) is 5.42. The lowest BCUT2D eigenvalue weighted by molar-refractivity contribution is -0.121. The molecule has 0 aliphatic carbocycles. The van der Waals surface area contributed by atoms with Crippen LogP contribution in [0, 0.1) is 11.7 Å². The monoisotopic (exact) mass is 366 g/mol. The van der Waals surface area contributed by atoms with Crippen molar-refractivity contribution in [3.8, 4) is 5.75 Å². The van der Waals surface area contributed by atoms with E-state index in [0.29, 0.717) is 16.9 Å². The van der Waals surface area contributed by atoms with Crippen molar-refractivity contribution >= 4 is 34.2 Å². The van der Waals surface area contributed by atoms with Gasteiger partial charge >= 0.3 is 0 Å². The highest BCUT2D eigenvalue weighted by Gasteiger charge is 2.17. The van der Waals surface area contributed by atoms with Crippen LogP contribution in [0.15, 0.2) is 22.7 Å². The van der Waals surface area contributed by atoms with E-state index in [1.54, 1.807) is 6.07 Å². The smallest absolute Gasteiger partial charge is 0.223 e. The van der Waals surface area contributed by atoms with Gasteiger partial charge < -0.3 is 15.4 Å². The Kier molecular flexibility index (Phi) is 7.26. The van der Waals surface area contributed by atoms with Crippen molar-refractivity contribution < 1.29 is 13.9 Å². The minimum absolute atomic E-state index is 0. The number of hydrogen-bond acceptors (Lipinski definition) is 3. The number of amides is 1. The maximum atomic E-state index is 13.4. The van der Waals surface area contributed by atoms with E-state index in [4.69, 9.17) is 4.74 Å². The summed E-state index contributed by atoms with van der Waals surface area (Å²) in [6.45, 7) is 2.79. The first-order valence-corrected chi connectivity index (χ1v) is 6.99. The zero-order chi connectivity index (χ0) is 13.7. The van der Waals surface area contributed by atoms with Gasteiger partial charge in [-0.2, -0.15) is 0 Å². The van der Waals surface area contributed by atoms with E-state index in [1.807, 2.05) is 0 Å². The Balaban J connectivity index is 0.00000200. The van der Waals surface area contributed by atoms with Gasteiger partial charge in [0.15, 0.2) is 11.6 Å². The van der Waals surface area contributed by atoms with Crippen molar-refractivity contribution in [2.75, 3.05) is 26.2 Å². The summed E-state index contributed by atoms with van der Waals surface area (Å²) < 4.78 is 19.3. The fraction of sp³-hybridized carbons (Fsp3) is 0.462. The summed E-state index contributed by atoms with van der Waals surface area (Å²) in [7, 11) is 0. The molecule has 112 valence electrons. The molecule has 20 heavy (non-hydrogen) atoms. The largest absolute Gasteiger partial charge is 0.490 e. The maximum Gasteiger partial charge on any atom is 0.223 e. The highest BCUT2D eigenvalue weighted by Crippen LogP contribution is 2.21. The molecule has 0 bridgehead atoms. The fourth-order valence-electron chi connectivity index (χ4n) is 1.69. The van der Waals surface area contributed by atoms with Gasteiger partial charge in [0.1, 0.15) is 0 Å². The van der Waals surface area contributed by atoms with Gasteiger partial charge in [-0.3, -0.25) is 4.79 Å². The quantitative estimate of drug-likeness (QED) is 0.810. The maximum absolute atomic E-state index is 13.4. The molecule has 0 unspecified atom stereocenters. The number of ether oxygens (including phenoxy) is 1. The Morgan fingerprint density at radius 3 is 2.85 bits per heavy atom. The van der Waals surface area contributed by atoms with Gasteiger partial charge in [0.2, 0.25) is 5.91 Å². The van der Waals surface area contributed by atoms with E-state index in [1.165, 1.54) is 12.1 Å². The van der Waals surface area contributed by atoms with Crippen LogP contribution in [-0.2, 0) is 4.79 Å². The predicted octanol–water partition coefficient (Wildman–Crippen LogP) is 2.11. The molecule has 0 radical (unpaired) electrons. The zero-order valence-electron chi connectivity index (χ0n) is 10.8. The highest BCUT2D eigenvalue weighted by molar-refractivity contribution is 9.10. The van der Waals surface area contributed by atoms with Crippen LogP contribution in [0.4, 0.5) is 4.39 Å². The van der Waals surface area contributed by atoms with E-state index in [2.05, 4.69) is 26.6 Å². The molecule has 1 aromatic rings. The summed E-state index contributed by atoms with van der Waals surface area (Å²) in [6, 6.07) is 4.57. The molecule has 7 heteroatoms. The van der Waals surface area contributed by atoms with Gasteiger partial charge in [0.05, 0.1) is 13.0 Å². The van der Waals surface area contributed by atoms with Crippen LogP contribution in [0.1, 0.15) is 6.42 Å². The molecule has 2 rings (SSSR count). The van der Waals surface area contributed by atoms with E-state index in [0.717, 1.165) is 13.1 Å². The highest BCUT2D eigenvalue weighted by atomic mass is 79.9. The van der Waals surface area contributed by atoms with Crippen LogP contribution in [-0.4, -0.2) is 32.1 Å². The minimum atomic E-state index is -0.435. The van der Waals surface area contributed by atoms with Crippen molar-refractivity contribution in [2.24, 2.45) is 5.92 Å². The summed E-state index contributed by atoms with van der Waals surface area (Å²) in [5, 5.41) is 5.97. The first-order chi connectivity index (χ1) is 9.15. The minimum Gasteiger partial charge on any atom is -0.490 e. The predicted molar refractivity (Wildman–Crippen MR) is 80.8 cm³/mol. The molecule has 0 aromatic heterocycles. The zero-order valence-corrected chi connectivity index (χ0v) is 13.2. The molecule has 1 amide bonds. The topological polar surface area (TPSA) is 50.4 Å². The van der Waals surface area contributed by atoms with Gasteiger partial charge in [0, 0.05) is 30.0 Å². The number of rotatable bonds is 6. The summed E-state index contributed by atoms with van der Waals surface area (Å²) in [6.07, 6.45) is 0.232. The Bertz CT molecular complexity index is 458. The average molecular weight is 368 g/mol. The molecule has 0 spiro atoms. The van der Waals surface area contributed by atoms with Crippen LogP contribution in [0.2, 0.25) is 0 Å². The SMILES string of the molecule is Cl.O=C(CCOc1ccc(Br)cc1F)NCC1CNC1. The lowest BCUT2D eigenvalue weighted by Gasteiger charge is -2.27. The van der Waals surface area contributed by atoms with Crippen molar-refractivity contribution in [1.82, 2.24) is 10.6 Å². The van der Waals surface area contributed by atoms with Gasteiger partial charge in [-0.1, -0.05) is 15.9 Å². The molecule has 0 saturated carbocycles. The van der Waals surface area contributed by atoms with Crippen molar-refractivity contribution in [2.45, 2.75) is 6.42 Å². The van der Waals surface area contributed by atoms with Crippen LogP contribution in [0.5, 0.6) is 5.75 Å². The molecule has 2 N–H and O–H groups in total. The molecule has 1 fully saturated rings. The fourth-order valence-corrected chi connectivity index (χ4v) is 2.02. The molecule has 4 nitrogen and oxygen atoms in total. The first-order valence-electron chi connectivity index (χ1n) is 6.20. The summed E-state index contributed by atoms with van der Waals surface area (Å²) in [5.41, 5.74) is 0. The second kappa shape index (κ2) is 8.44. The lowest BCUT2D eigenvalue weighted by atomic mass is 10.0. The van der Waals surface area contributed by atoms with Crippen LogP contribution >= 0.6 is 28.3 Å². The molecular weight excluding hydrogens is 351 g/mol. The number of halogens is 3. The Morgan fingerprint density at radius 1 is 1.50 bits per heavy atom. The van der Waals surface area contributed by atoms with Crippen LogP contribution in [0.3, 0.4) is 0 Å². The number of nitrogens with one attached hydrogen (secondary N) is 2. The Morgan fingerprint density at radius 2 is 2.25 bits per heavy atom. The summed E-state index contributed by atoms with van der Waals surface area (Å²) >= 11 is 3.17.